The third kappa shape index (κ3) is 3.15. The van der Waals surface area contributed by atoms with Crippen molar-refractivity contribution in [2.45, 2.75) is 19.5 Å². The molecule has 2 aromatic heterocycles. The average Bonchev–Trinajstić information content (AvgIpc) is 2.89. The van der Waals surface area contributed by atoms with E-state index < -0.39 is 6.04 Å². The first kappa shape index (κ1) is 12.7. The molecule has 2 heterocycles. The lowest BCUT2D eigenvalue weighted by molar-refractivity contribution is -0.122. The molecule has 2 aromatic rings. The number of amides is 1. The number of nitrogens with two attached hydrogens (primary N) is 1. The Hall–Kier alpha value is -1.72. The average molecular weight is 261 g/mol. The van der Waals surface area contributed by atoms with Crippen LogP contribution >= 0.6 is 11.3 Å². The summed E-state index contributed by atoms with van der Waals surface area (Å²) < 4.78 is 0. The van der Waals surface area contributed by atoms with Crippen molar-refractivity contribution >= 4 is 17.2 Å². The topological polar surface area (TPSA) is 68.0 Å². The van der Waals surface area contributed by atoms with E-state index in [4.69, 9.17) is 5.73 Å². The Balaban J connectivity index is 1.92. The Morgan fingerprint density at radius 1 is 1.44 bits per heavy atom. The molecule has 0 saturated carbocycles. The molecule has 1 unspecified atom stereocenters. The van der Waals surface area contributed by atoms with E-state index in [-0.39, 0.29) is 5.91 Å². The highest BCUT2D eigenvalue weighted by molar-refractivity contribution is 7.10. The van der Waals surface area contributed by atoms with E-state index in [0.29, 0.717) is 6.54 Å². The van der Waals surface area contributed by atoms with Crippen molar-refractivity contribution in [3.05, 3.63) is 52.0 Å². The number of hydrogen-bond acceptors (Lipinski definition) is 4. The van der Waals surface area contributed by atoms with Crippen LogP contribution in [0.15, 0.2) is 35.7 Å². The molecular weight excluding hydrogens is 246 g/mol. The number of carbonyl (C=O) groups excluding carboxylic acids is 1. The van der Waals surface area contributed by atoms with Gasteiger partial charge < -0.3 is 11.1 Å². The van der Waals surface area contributed by atoms with Crippen molar-refractivity contribution < 1.29 is 4.79 Å². The number of hydrogen-bond donors (Lipinski definition) is 2. The van der Waals surface area contributed by atoms with Crippen LogP contribution in [-0.2, 0) is 11.3 Å². The highest BCUT2D eigenvalue weighted by atomic mass is 32.1. The third-order valence-corrected chi connectivity index (χ3v) is 3.48. The van der Waals surface area contributed by atoms with Gasteiger partial charge in [-0.15, -0.1) is 11.3 Å². The predicted molar refractivity (Wildman–Crippen MR) is 72.1 cm³/mol. The van der Waals surface area contributed by atoms with Crippen LogP contribution in [-0.4, -0.2) is 10.9 Å². The summed E-state index contributed by atoms with van der Waals surface area (Å²) in [4.78, 5) is 17.0. The van der Waals surface area contributed by atoms with Crippen molar-refractivity contribution in [3.63, 3.8) is 0 Å². The van der Waals surface area contributed by atoms with E-state index in [2.05, 4.69) is 10.3 Å². The minimum atomic E-state index is -0.602. The summed E-state index contributed by atoms with van der Waals surface area (Å²) in [6, 6.07) is 8.86. The number of thiophene rings is 1. The molecule has 0 aliphatic rings. The first-order chi connectivity index (χ1) is 8.66. The molecule has 0 aromatic carbocycles. The monoisotopic (exact) mass is 261 g/mol. The Morgan fingerprint density at radius 3 is 2.94 bits per heavy atom. The minimum Gasteiger partial charge on any atom is -0.349 e. The van der Waals surface area contributed by atoms with Crippen LogP contribution in [0.5, 0.6) is 0 Å². The summed E-state index contributed by atoms with van der Waals surface area (Å²) in [7, 11) is 0. The molecule has 0 bridgehead atoms. The van der Waals surface area contributed by atoms with Gasteiger partial charge in [0.15, 0.2) is 0 Å². The van der Waals surface area contributed by atoms with E-state index in [9.17, 15) is 4.79 Å². The Morgan fingerprint density at radius 2 is 2.28 bits per heavy atom. The Bertz CT molecular complexity index is 525. The molecule has 4 nitrogen and oxygen atoms in total. The van der Waals surface area contributed by atoms with Gasteiger partial charge in [-0.3, -0.25) is 9.78 Å². The van der Waals surface area contributed by atoms with E-state index in [0.717, 1.165) is 16.3 Å². The van der Waals surface area contributed by atoms with Gasteiger partial charge in [0, 0.05) is 10.6 Å². The first-order valence-electron chi connectivity index (χ1n) is 5.66. The molecule has 1 atom stereocenters. The van der Waals surface area contributed by atoms with Crippen LogP contribution in [0.3, 0.4) is 0 Å². The number of aromatic nitrogens is 1. The SMILES string of the molecule is Cc1cccc(CNC(=O)C(N)c2cccs2)n1. The predicted octanol–water partition coefficient (Wildman–Crippen LogP) is 1.77. The van der Waals surface area contributed by atoms with Crippen LogP contribution in [0, 0.1) is 6.92 Å². The normalized spacial score (nSPS) is 12.1. The van der Waals surface area contributed by atoms with Crippen LogP contribution < -0.4 is 11.1 Å². The van der Waals surface area contributed by atoms with Gasteiger partial charge >= 0.3 is 0 Å². The second-order valence-electron chi connectivity index (χ2n) is 3.98. The fourth-order valence-corrected chi connectivity index (χ4v) is 2.31. The molecule has 3 N–H and O–H groups in total. The van der Waals surface area contributed by atoms with E-state index in [1.54, 1.807) is 0 Å². The number of rotatable bonds is 4. The van der Waals surface area contributed by atoms with Gasteiger partial charge in [-0.05, 0) is 30.5 Å². The maximum Gasteiger partial charge on any atom is 0.242 e. The van der Waals surface area contributed by atoms with Crippen molar-refractivity contribution in [1.29, 1.82) is 0 Å². The molecule has 1 amide bonds. The molecule has 5 heteroatoms. The summed E-state index contributed by atoms with van der Waals surface area (Å²) in [6.45, 7) is 2.32. The van der Waals surface area contributed by atoms with Crippen molar-refractivity contribution in [1.82, 2.24) is 10.3 Å². The van der Waals surface area contributed by atoms with Gasteiger partial charge in [0.2, 0.25) is 5.91 Å². The summed E-state index contributed by atoms with van der Waals surface area (Å²) in [5.41, 5.74) is 7.62. The maximum absolute atomic E-state index is 11.8. The van der Waals surface area contributed by atoms with Crippen LogP contribution in [0.4, 0.5) is 0 Å². The Kier molecular flexibility index (Phi) is 4.07. The van der Waals surface area contributed by atoms with Crippen LogP contribution in [0.25, 0.3) is 0 Å². The van der Waals surface area contributed by atoms with Crippen LogP contribution in [0.2, 0.25) is 0 Å². The second-order valence-corrected chi connectivity index (χ2v) is 4.96. The molecule has 94 valence electrons. The fourth-order valence-electron chi connectivity index (χ4n) is 1.58. The number of carbonyl (C=O) groups is 1. The summed E-state index contributed by atoms with van der Waals surface area (Å²) in [5.74, 6) is -0.180. The molecule has 0 saturated heterocycles. The van der Waals surface area contributed by atoms with Gasteiger partial charge in [0.25, 0.3) is 0 Å². The molecular formula is C13H15N3OS. The lowest BCUT2D eigenvalue weighted by atomic mass is 10.2. The van der Waals surface area contributed by atoms with E-state index >= 15 is 0 Å². The lowest BCUT2D eigenvalue weighted by Gasteiger charge is -2.10. The first-order valence-corrected chi connectivity index (χ1v) is 6.54. The summed E-state index contributed by atoms with van der Waals surface area (Å²) >= 11 is 1.48. The van der Waals surface area contributed by atoms with Crippen LogP contribution in [0.1, 0.15) is 22.3 Å². The zero-order chi connectivity index (χ0) is 13.0. The Labute approximate surface area is 110 Å². The fraction of sp³-hybridized carbons (Fsp3) is 0.231. The zero-order valence-electron chi connectivity index (χ0n) is 10.1. The number of aryl methyl sites for hydroxylation is 1. The molecule has 0 spiro atoms. The smallest absolute Gasteiger partial charge is 0.242 e. The van der Waals surface area contributed by atoms with Gasteiger partial charge in [0.1, 0.15) is 6.04 Å². The standard InChI is InChI=1S/C13H15N3OS/c1-9-4-2-5-10(16-9)8-15-13(17)12(14)11-6-3-7-18-11/h2-7,12H,8,14H2,1H3,(H,15,17). The van der Waals surface area contributed by atoms with E-state index in [1.807, 2.05) is 42.6 Å². The minimum absolute atomic E-state index is 0.180. The summed E-state index contributed by atoms with van der Waals surface area (Å²) in [5, 5.41) is 4.70. The molecule has 18 heavy (non-hydrogen) atoms. The highest BCUT2D eigenvalue weighted by Crippen LogP contribution is 2.16. The molecule has 0 radical (unpaired) electrons. The molecule has 0 aliphatic carbocycles. The van der Waals surface area contributed by atoms with Gasteiger partial charge in [0.05, 0.1) is 12.2 Å². The number of nitrogens with zero attached hydrogens (tertiary/aromatic N) is 1. The van der Waals surface area contributed by atoms with Gasteiger partial charge in [-0.2, -0.15) is 0 Å². The van der Waals surface area contributed by atoms with E-state index in [1.165, 1.54) is 11.3 Å². The zero-order valence-corrected chi connectivity index (χ0v) is 10.9. The molecule has 0 aliphatic heterocycles. The van der Waals surface area contributed by atoms with Crippen molar-refractivity contribution in [2.75, 3.05) is 0 Å². The van der Waals surface area contributed by atoms with Crippen molar-refractivity contribution in [2.24, 2.45) is 5.73 Å². The summed E-state index contributed by atoms with van der Waals surface area (Å²) in [6.07, 6.45) is 0. The second kappa shape index (κ2) is 5.75. The highest BCUT2D eigenvalue weighted by Gasteiger charge is 2.16. The number of nitrogens with one attached hydrogen (secondary N) is 1. The van der Waals surface area contributed by atoms with Crippen molar-refractivity contribution in [3.8, 4) is 0 Å². The molecule has 2 rings (SSSR count). The largest absolute Gasteiger partial charge is 0.349 e. The quantitative estimate of drug-likeness (QED) is 0.881. The molecule has 0 fully saturated rings. The van der Waals surface area contributed by atoms with Gasteiger partial charge in [-0.25, -0.2) is 0 Å². The third-order valence-electron chi connectivity index (χ3n) is 2.52. The lowest BCUT2D eigenvalue weighted by Crippen LogP contribution is -2.33. The maximum atomic E-state index is 11.8. The van der Waals surface area contributed by atoms with Gasteiger partial charge in [-0.1, -0.05) is 12.1 Å². The number of pyridine rings is 1.